The normalized spacial score (nSPS) is 12.1. The van der Waals surface area contributed by atoms with Crippen LogP contribution in [0.5, 0.6) is 0 Å². The number of pyridine rings is 1. The molecule has 0 saturated heterocycles. The maximum Gasteiger partial charge on any atom is 0.253 e. The van der Waals surface area contributed by atoms with Gasteiger partial charge in [-0.2, -0.15) is 0 Å². The molecule has 0 bridgehead atoms. The summed E-state index contributed by atoms with van der Waals surface area (Å²) < 4.78 is 0. The summed E-state index contributed by atoms with van der Waals surface area (Å²) in [6.07, 6.45) is 1.30. The number of hydrogen-bond donors (Lipinski definition) is 4. The molecule has 0 aliphatic carbocycles. The molecule has 1 atom stereocenters. The molecule has 1 aromatic heterocycles. The Kier molecular flexibility index (Phi) is 5.08. The molecule has 1 rings (SSSR count). The molecule has 0 aromatic carbocycles. The first-order valence-corrected chi connectivity index (χ1v) is 5.97. The number of anilines is 1. The number of hydrazine groups is 1. The molecule has 19 heavy (non-hydrogen) atoms. The maximum absolute atomic E-state index is 11.9. The van der Waals surface area contributed by atoms with Crippen LogP contribution in [0, 0.1) is 5.92 Å². The van der Waals surface area contributed by atoms with Crippen LogP contribution in [-0.4, -0.2) is 22.8 Å². The molecule has 0 aliphatic rings. The summed E-state index contributed by atoms with van der Waals surface area (Å²) >= 11 is 5.86. The molecule has 0 spiro atoms. The zero-order valence-corrected chi connectivity index (χ0v) is 11.4. The van der Waals surface area contributed by atoms with Crippen molar-refractivity contribution in [3.63, 3.8) is 0 Å². The highest BCUT2D eigenvalue weighted by Gasteiger charge is 2.22. The lowest BCUT2D eigenvalue weighted by molar-refractivity contribution is -0.120. The second kappa shape index (κ2) is 6.35. The fourth-order valence-corrected chi connectivity index (χ4v) is 1.68. The summed E-state index contributed by atoms with van der Waals surface area (Å²) in [6, 6.07) is 0.649. The van der Waals surface area contributed by atoms with Crippen LogP contribution in [0.15, 0.2) is 12.3 Å². The minimum Gasteiger partial charge on any atom is -0.368 e. The van der Waals surface area contributed by atoms with Crippen LogP contribution in [0.25, 0.3) is 0 Å². The molecule has 1 aromatic rings. The largest absolute Gasteiger partial charge is 0.368 e. The van der Waals surface area contributed by atoms with Gasteiger partial charge in [-0.05, 0) is 12.0 Å². The zero-order chi connectivity index (χ0) is 14.6. The third-order valence-corrected chi connectivity index (χ3v) is 2.79. The van der Waals surface area contributed by atoms with Gasteiger partial charge < -0.3 is 16.5 Å². The van der Waals surface area contributed by atoms with Gasteiger partial charge >= 0.3 is 0 Å². The van der Waals surface area contributed by atoms with Gasteiger partial charge in [0.25, 0.3) is 5.91 Å². The Morgan fingerprint density at radius 3 is 2.47 bits per heavy atom. The van der Waals surface area contributed by atoms with Crippen molar-refractivity contribution in [2.75, 3.05) is 5.43 Å². The first-order chi connectivity index (χ1) is 8.86. The van der Waals surface area contributed by atoms with Crippen LogP contribution < -0.4 is 22.3 Å². The number of primary amides is 1. The van der Waals surface area contributed by atoms with Gasteiger partial charge in [0, 0.05) is 6.20 Å². The van der Waals surface area contributed by atoms with Crippen molar-refractivity contribution in [3.05, 3.63) is 22.8 Å². The molecule has 2 amide bonds. The average molecular weight is 286 g/mol. The Morgan fingerprint density at radius 2 is 2.05 bits per heavy atom. The Bertz CT molecular complexity index is 492. The van der Waals surface area contributed by atoms with Crippen molar-refractivity contribution in [2.24, 2.45) is 17.5 Å². The Morgan fingerprint density at radius 1 is 1.42 bits per heavy atom. The van der Waals surface area contributed by atoms with Gasteiger partial charge in [0.2, 0.25) is 5.91 Å². The average Bonchev–Trinajstić information content (AvgIpc) is 2.34. The summed E-state index contributed by atoms with van der Waals surface area (Å²) in [5.41, 5.74) is 7.73. The number of nitrogen functional groups attached to an aromatic ring is 1. The molecule has 6 N–H and O–H groups in total. The minimum atomic E-state index is -0.751. The second-order valence-electron chi connectivity index (χ2n) is 4.30. The van der Waals surface area contributed by atoms with Crippen LogP contribution in [0.2, 0.25) is 5.02 Å². The van der Waals surface area contributed by atoms with E-state index in [1.54, 1.807) is 13.8 Å². The lowest BCUT2D eigenvalue weighted by atomic mass is 10.0. The number of hydrogen-bond acceptors (Lipinski definition) is 5. The predicted molar refractivity (Wildman–Crippen MR) is 72.3 cm³/mol. The number of halogens is 1. The Labute approximate surface area is 115 Å². The van der Waals surface area contributed by atoms with Gasteiger partial charge in [-0.3, -0.25) is 9.59 Å². The monoisotopic (exact) mass is 285 g/mol. The molecule has 0 saturated carbocycles. The van der Waals surface area contributed by atoms with Gasteiger partial charge in [0.1, 0.15) is 6.04 Å². The van der Waals surface area contributed by atoms with Crippen LogP contribution in [-0.2, 0) is 4.79 Å². The van der Waals surface area contributed by atoms with Crippen molar-refractivity contribution < 1.29 is 9.59 Å². The van der Waals surface area contributed by atoms with Crippen molar-refractivity contribution in [3.8, 4) is 0 Å². The molecule has 0 radical (unpaired) electrons. The van der Waals surface area contributed by atoms with Crippen molar-refractivity contribution in [1.82, 2.24) is 10.3 Å². The molecular formula is C11H16ClN5O2. The summed E-state index contributed by atoms with van der Waals surface area (Å²) in [5.74, 6) is 4.25. The highest BCUT2D eigenvalue weighted by molar-refractivity contribution is 6.33. The van der Waals surface area contributed by atoms with E-state index in [1.807, 2.05) is 0 Å². The lowest BCUT2D eigenvalue weighted by Gasteiger charge is -2.18. The highest BCUT2D eigenvalue weighted by Crippen LogP contribution is 2.19. The number of amides is 2. The van der Waals surface area contributed by atoms with E-state index in [2.05, 4.69) is 15.7 Å². The van der Waals surface area contributed by atoms with Crippen molar-refractivity contribution in [2.45, 2.75) is 19.9 Å². The van der Waals surface area contributed by atoms with Gasteiger partial charge in [0.15, 0.2) is 5.82 Å². The minimum absolute atomic E-state index is 0.116. The van der Waals surface area contributed by atoms with E-state index in [0.29, 0.717) is 0 Å². The maximum atomic E-state index is 11.9. The molecule has 1 heterocycles. The number of aromatic nitrogens is 1. The fourth-order valence-electron chi connectivity index (χ4n) is 1.46. The van der Waals surface area contributed by atoms with E-state index < -0.39 is 17.9 Å². The quantitative estimate of drug-likeness (QED) is 0.456. The van der Waals surface area contributed by atoms with E-state index in [9.17, 15) is 9.59 Å². The molecule has 104 valence electrons. The van der Waals surface area contributed by atoms with E-state index in [4.69, 9.17) is 23.2 Å². The number of carbonyl (C=O) groups is 2. The molecule has 0 fully saturated rings. The molecule has 7 nitrogen and oxygen atoms in total. The number of rotatable bonds is 5. The van der Waals surface area contributed by atoms with Gasteiger partial charge in [-0.25, -0.2) is 10.8 Å². The molecule has 8 heteroatoms. The Hall–Kier alpha value is -1.86. The smallest absolute Gasteiger partial charge is 0.253 e. The van der Waals surface area contributed by atoms with Crippen LogP contribution in [0.4, 0.5) is 5.82 Å². The lowest BCUT2D eigenvalue weighted by Crippen LogP contribution is -2.47. The van der Waals surface area contributed by atoms with Gasteiger partial charge in [0.05, 0.1) is 10.6 Å². The topological polar surface area (TPSA) is 123 Å². The van der Waals surface area contributed by atoms with Gasteiger partial charge in [-0.15, -0.1) is 0 Å². The molecule has 0 aliphatic heterocycles. The fraction of sp³-hybridized carbons (Fsp3) is 0.364. The van der Waals surface area contributed by atoms with Gasteiger partial charge in [-0.1, -0.05) is 25.4 Å². The summed E-state index contributed by atoms with van der Waals surface area (Å²) in [4.78, 5) is 27.0. The first kappa shape index (κ1) is 15.2. The van der Waals surface area contributed by atoms with Crippen molar-refractivity contribution in [1.29, 1.82) is 0 Å². The molecule has 1 unspecified atom stereocenters. The zero-order valence-electron chi connectivity index (χ0n) is 10.6. The summed E-state index contributed by atoms with van der Waals surface area (Å²) in [6.45, 7) is 3.56. The van der Waals surface area contributed by atoms with E-state index in [-0.39, 0.29) is 22.3 Å². The first-order valence-electron chi connectivity index (χ1n) is 5.59. The van der Waals surface area contributed by atoms with Crippen molar-refractivity contribution >= 4 is 29.2 Å². The second-order valence-corrected chi connectivity index (χ2v) is 4.70. The number of carbonyl (C=O) groups excluding carboxylic acids is 2. The highest BCUT2D eigenvalue weighted by atomic mass is 35.5. The third kappa shape index (κ3) is 3.80. The standard InChI is InChI=1S/C11H16ClN5O2/c1-5(2)8(9(13)18)16-11(19)6-3-7(12)10(17-14)15-4-6/h3-5,8H,14H2,1-2H3,(H2,13,18)(H,15,17)(H,16,19). The van der Waals surface area contributed by atoms with E-state index in [1.165, 1.54) is 12.3 Å². The van der Waals surface area contributed by atoms with Crippen LogP contribution in [0.1, 0.15) is 24.2 Å². The summed E-state index contributed by atoms with van der Waals surface area (Å²) in [5, 5.41) is 2.74. The number of nitrogens with one attached hydrogen (secondary N) is 2. The predicted octanol–water partition coefficient (Wildman–Crippen LogP) is 0.260. The van der Waals surface area contributed by atoms with E-state index >= 15 is 0 Å². The van der Waals surface area contributed by atoms with Crippen LogP contribution in [0.3, 0.4) is 0 Å². The summed E-state index contributed by atoms with van der Waals surface area (Å²) in [7, 11) is 0. The number of nitrogens with zero attached hydrogens (tertiary/aromatic N) is 1. The SMILES string of the molecule is CC(C)C(NC(=O)c1cnc(NN)c(Cl)c1)C(N)=O. The number of nitrogens with two attached hydrogens (primary N) is 2. The van der Waals surface area contributed by atoms with Crippen LogP contribution >= 0.6 is 11.6 Å². The van der Waals surface area contributed by atoms with E-state index in [0.717, 1.165) is 0 Å². The third-order valence-electron chi connectivity index (χ3n) is 2.50. The molecular weight excluding hydrogens is 270 g/mol. The Balaban J connectivity index is 2.89.